The van der Waals surface area contributed by atoms with Gasteiger partial charge in [0.2, 0.25) is 5.90 Å². The van der Waals surface area contributed by atoms with E-state index in [4.69, 9.17) is 4.74 Å². The number of aryl methyl sites for hydroxylation is 2. The monoisotopic (exact) mass is 439 g/mol. The number of alkyl halides is 3. The molecule has 3 aromatic rings. The molecule has 1 aliphatic rings. The van der Waals surface area contributed by atoms with Gasteiger partial charge in [-0.25, -0.2) is 4.99 Å². The lowest BCUT2D eigenvalue weighted by molar-refractivity contribution is -0.171. The molecule has 4 rings (SSSR count). The quantitative estimate of drug-likeness (QED) is 0.520. The summed E-state index contributed by atoms with van der Waals surface area (Å²) in [6.45, 7) is 5.15. The van der Waals surface area contributed by atoms with Gasteiger partial charge in [0.05, 0.1) is 17.1 Å². The second-order valence-corrected chi connectivity index (χ2v) is 7.65. The Kier molecular flexibility index (Phi) is 5.24. The molecule has 0 N–H and O–H groups in total. The molecule has 0 bridgehead atoms. The Morgan fingerprint density at radius 3 is 2.28 bits per heavy atom. The van der Waals surface area contributed by atoms with Crippen LogP contribution in [0.1, 0.15) is 23.7 Å². The summed E-state index contributed by atoms with van der Waals surface area (Å²) < 4.78 is 47.4. The van der Waals surface area contributed by atoms with Crippen LogP contribution in [0.25, 0.3) is 0 Å². The zero-order valence-electron chi connectivity index (χ0n) is 17.6. The first-order valence-electron chi connectivity index (χ1n) is 9.89. The van der Waals surface area contributed by atoms with Crippen molar-refractivity contribution in [2.75, 3.05) is 4.90 Å². The highest BCUT2D eigenvalue weighted by Crippen LogP contribution is 2.46. The Morgan fingerprint density at radius 2 is 1.66 bits per heavy atom. The van der Waals surface area contributed by atoms with E-state index in [2.05, 4.69) is 9.98 Å². The molecule has 1 atom stereocenters. The summed E-state index contributed by atoms with van der Waals surface area (Å²) in [6, 6.07) is 16.5. The number of rotatable bonds is 2. The number of ether oxygens (including phenoxy) is 1. The third-order valence-electron chi connectivity index (χ3n) is 5.44. The molecule has 5 nitrogen and oxygen atoms in total. The van der Waals surface area contributed by atoms with Gasteiger partial charge in [-0.3, -0.25) is 14.7 Å². The number of carbonyl (C=O) groups is 1. The van der Waals surface area contributed by atoms with Gasteiger partial charge in [-0.2, -0.15) is 13.2 Å². The van der Waals surface area contributed by atoms with Gasteiger partial charge in [-0.15, -0.1) is 0 Å². The minimum absolute atomic E-state index is 0.0107. The first kappa shape index (κ1) is 21.5. The standard InChI is InChI=1S/C24H20F3N3O2/c1-15-9-8-10-16(2)20(15)29-21-23(3,19-13-6-7-14-28-19)30(22(31)24(25,26)27)17-11-4-5-12-18(17)32-21/h4-14H,1-3H3/t23-/m1/s1. The van der Waals surface area contributed by atoms with E-state index >= 15 is 0 Å². The smallest absolute Gasteiger partial charge is 0.438 e. The van der Waals surface area contributed by atoms with Crippen molar-refractivity contribution >= 4 is 23.2 Å². The summed E-state index contributed by atoms with van der Waals surface area (Å²) in [5, 5.41) is 0. The second kappa shape index (κ2) is 7.78. The molecule has 0 spiro atoms. The molecule has 0 saturated heterocycles. The number of hydrogen-bond donors (Lipinski definition) is 0. The van der Waals surface area contributed by atoms with Gasteiger partial charge in [0.1, 0.15) is 0 Å². The first-order valence-corrected chi connectivity index (χ1v) is 9.89. The minimum Gasteiger partial charge on any atom is -0.438 e. The number of aliphatic imine (C=N–C) groups is 1. The van der Waals surface area contributed by atoms with Crippen LogP contribution in [-0.4, -0.2) is 23.0 Å². The van der Waals surface area contributed by atoms with Crippen molar-refractivity contribution in [3.63, 3.8) is 0 Å². The first-order chi connectivity index (χ1) is 15.1. The van der Waals surface area contributed by atoms with Crippen molar-refractivity contribution in [3.8, 4) is 5.75 Å². The Bertz CT molecular complexity index is 1190. The van der Waals surface area contributed by atoms with E-state index < -0.39 is 17.6 Å². The van der Waals surface area contributed by atoms with Crippen LogP contribution in [0.3, 0.4) is 0 Å². The van der Waals surface area contributed by atoms with E-state index in [0.717, 1.165) is 11.1 Å². The maximum Gasteiger partial charge on any atom is 0.471 e. The van der Waals surface area contributed by atoms with Gasteiger partial charge < -0.3 is 4.74 Å². The number of aromatic nitrogens is 1. The van der Waals surface area contributed by atoms with E-state index in [0.29, 0.717) is 10.6 Å². The Morgan fingerprint density at radius 1 is 1.00 bits per heavy atom. The van der Waals surface area contributed by atoms with Crippen LogP contribution in [-0.2, 0) is 10.3 Å². The molecule has 0 radical (unpaired) electrons. The number of pyridine rings is 1. The highest BCUT2D eigenvalue weighted by atomic mass is 19.4. The maximum absolute atomic E-state index is 13.8. The van der Waals surface area contributed by atoms with E-state index in [1.54, 1.807) is 30.3 Å². The van der Waals surface area contributed by atoms with Crippen LogP contribution in [0.15, 0.2) is 71.9 Å². The number of hydrogen-bond acceptors (Lipinski definition) is 4. The molecule has 1 aromatic heterocycles. The number of nitrogens with zero attached hydrogens (tertiary/aromatic N) is 3. The highest BCUT2D eigenvalue weighted by molar-refractivity contribution is 6.10. The molecular formula is C24H20F3N3O2. The van der Waals surface area contributed by atoms with E-state index in [1.165, 1.54) is 25.3 Å². The highest BCUT2D eigenvalue weighted by Gasteiger charge is 2.56. The normalized spacial score (nSPS) is 19.4. The van der Waals surface area contributed by atoms with Gasteiger partial charge in [0, 0.05) is 6.20 Å². The largest absolute Gasteiger partial charge is 0.471 e. The van der Waals surface area contributed by atoms with Gasteiger partial charge in [0.15, 0.2) is 11.3 Å². The molecule has 1 amide bonds. The molecule has 32 heavy (non-hydrogen) atoms. The minimum atomic E-state index is -5.12. The zero-order chi connectivity index (χ0) is 23.1. The molecule has 0 saturated carbocycles. The zero-order valence-corrected chi connectivity index (χ0v) is 17.6. The van der Waals surface area contributed by atoms with E-state index in [1.807, 2.05) is 32.0 Å². The fraction of sp³-hybridized carbons (Fsp3) is 0.208. The number of carbonyl (C=O) groups excluding carboxylic acids is 1. The molecule has 2 aromatic carbocycles. The Balaban J connectivity index is 2.06. The van der Waals surface area contributed by atoms with E-state index in [9.17, 15) is 18.0 Å². The number of anilines is 1. The van der Waals surface area contributed by atoms with Crippen LogP contribution >= 0.6 is 0 Å². The summed E-state index contributed by atoms with van der Waals surface area (Å²) in [5.41, 5.74) is 0.620. The second-order valence-electron chi connectivity index (χ2n) is 7.65. The number of benzene rings is 2. The average molecular weight is 439 g/mol. The summed E-state index contributed by atoms with van der Waals surface area (Å²) >= 11 is 0. The number of halogens is 3. The van der Waals surface area contributed by atoms with Crippen molar-refractivity contribution in [3.05, 3.63) is 83.7 Å². The van der Waals surface area contributed by atoms with Gasteiger partial charge in [-0.05, 0) is 56.2 Å². The Hall–Kier alpha value is -3.68. The van der Waals surface area contributed by atoms with Crippen molar-refractivity contribution in [1.29, 1.82) is 0 Å². The van der Waals surface area contributed by atoms with Crippen LogP contribution in [0.4, 0.5) is 24.5 Å². The molecule has 0 unspecified atom stereocenters. The van der Waals surface area contributed by atoms with Gasteiger partial charge in [-0.1, -0.05) is 36.4 Å². The average Bonchev–Trinajstić information content (AvgIpc) is 2.76. The maximum atomic E-state index is 13.8. The number of para-hydroxylation sites is 3. The topological polar surface area (TPSA) is 54.8 Å². The molecule has 0 fully saturated rings. The predicted molar refractivity (Wildman–Crippen MR) is 115 cm³/mol. The molecule has 1 aliphatic heterocycles. The molecule has 0 aliphatic carbocycles. The summed E-state index contributed by atoms with van der Waals surface area (Å²) in [4.78, 5) is 22.4. The van der Waals surface area contributed by atoms with Crippen molar-refractivity contribution in [1.82, 2.24) is 4.98 Å². The fourth-order valence-electron chi connectivity index (χ4n) is 3.80. The Labute approximate surface area is 183 Å². The summed E-state index contributed by atoms with van der Waals surface area (Å²) in [7, 11) is 0. The SMILES string of the molecule is Cc1cccc(C)c1N=C1Oc2ccccc2N(C(=O)C(F)(F)F)[C@]1(C)c1ccccn1. The van der Waals surface area contributed by atoms with Crippen molar-refractivity contribution in [2.24, 2.45) is 4.99 Å². The van der Waals surface area contributed by atoms with Crippen LogP contribution in [0.2, 0.25) is 0 Å². The molecule has 164 valence electrons. The lowest BCUT2D eigenvalue weighted by atomic mass is 9.90. The fourth-order valence-corrected chi connectivity index (χ4v) is 3.80. The lowest BCUT2D eigenvalue weighted by Crippen LogP contribution is -2.60. The van der Waals surface area contributed by atoms with Crippen LogP contribution in [0.5, 0.6) is 5.75 Å². The molecule has 8 heteroatoms. The lowest BCUT2D eigenvalue weighted by Gasteiger charge is -2.44. The molecular weight excluding hydrogens is 419 g/mol. The molecule has 2 heterocycles. The number of fused-ring (bicyclic) bond motifs is 1. The summed E-state index contributed by atoms with van der Waals surface area (Å²) in [5.74, 6) is -2.01. The predicted octanol–water partition coefficient (Wildman–Crippen LogP) is 5.63. The van der Waals surface area contributed by atoms with Crippen molar-refractivity contribution < 1.29 is 22.7 Å². The third-order valence-corrected chi connectivity index (χ3v) is 5.44. The van der Waals surface area contributed by atoms with Crippen LogP contribution < -0.4 is 9.64 Å². The van der Waals surface area contributed by atoms with Gasteiger partial charge in [0.25, 0.3) is 0 Å². The van der Waals surface area contributed by atoms with Crippen LogP contribution in [0, 0.1) is 13.8 Å². The summed E-state index contributed by atoms with van der Waals surface area (Å²) in [6.07, 6.45) is -3.67. The number of amides is 1. The van der Waals surface area contributed by atoms with Gasteiger partial charge >= 0.3 is 12.1 Å². The third kappa shape index (κ3) is 3.51. The van der Waals surface area contributed by atoms with E-state index in [-0.39, 0.29) is 23.0 Å². The van der Waals surface area contributed by atoms with Crippen molar-refractivity contribution in [2.45, 2.75) is 32.5 Å².